The van der Waals surface area contributed by atoms with Crippen LogP contribution in [-0.2, 0) is 6.54 Å². The van der Waals surface area contributed by atoms with Crippen molar-refractivity contribution in [3.63, 3.8) is 0 Å². The average molecular weight is 207 g/mol. The third-order valence-corrected chi connectivity index (χ3v) is 2.53. The monoisotopic (exact) mass is 207 g/mol. The lowest BCUT2D eigenvalue weighted by Crippen LogP contribution is -2.19. The quantitative estimate of drug-likeness (QED) is 0.711. The zero-order chi connectivity index (χ0) is 11.1. The highest BCUT2D eigenvalue weighted by Gasteiger charge is 2.04. The SMILES string of the molecule is CCCCN(C)Cc1ccccc1OC. The van der Waals surface area contributed by atoms with E-state index in [0.29, 0.717) is 0 Å². The largest absolute Gasteiger partial charge is 0.496 e. The Hall–Kier alpha value is -1.02. The number of para-hydroxylation sites is 1. The number of hydrogen-bond donors (Lipinski definition) is 0. The van der Waals surface area contributed by atoms with Crippen molar-refractivity contribution in [2.24, 2.45) is 0 Å². The molecule has 0 aliphatic rings. The van der Waals surface area contributed by atoms with Crippen molar-refractivity contribution in [3.8, 4) is 5.75 Å². The lowest BCUT2D eigenvalue weighted by molar-refractivity contribution is 0.312. The van der Waals surface area contributed by atoms with Gasteiger partial charge in [-0.1, -0.05) is 31.5 Å². The summed E-state index contributed by atoms with van der Waals surface area (Å²) in [6, 6.07) is 8.21. The number of benzene rings is 1. The first kappa shape index (κ1) is 12.1. The van der Waals surface area contributed by atoms with Gasteiger partial charge in [0.2, 0.25) is 0 Å². The van der Waals surface area contributed by atoms with Crippen LogP contribution in [0.15, 0.2) is 24.3 Å². The van der Waals surface area contributed by atoms with Gasteiger partial charge in [0.25, 0.3) is 0 Å². The first-order chi connectivity index (χ1) is 7.27. The van der Waals surface area contributed by atoms with Crippen LogP contribution in [-0.4, -0.2) is 25.6 Å². The Balaban J connectivity index is 2.55. The molecule has 0 radical (unpaired) electrons. The van der Waals surface area contributed by atoms with E-state index in [4.69, 9.17) is 4.74 Å². The Morgan fingerprint density at radius 2 is 2.00 bits per heavy atom. The summed E-state index contributed by atoms with van der Waals surface area (Å²) in [6.07, 6.45) is 2.50. The van der Waals surface area contributed by atoms with Gasteiger partial charge >= 0.3 is 0 Å². The van der Waals surface area contributed by atoms with Crippen LogP contribution in [0.1, 0.15) is 25.3 Å². The molecule has 15 heavy (non-hydrogen) atoms. The molecule has 0 aliphatic heterocycles. The fourth-order valence-electron chi connectivity index (χ4n) is 1.63. The second-order valence-corrected chi connectivity index (χ2v) is 3.90. The third-order valence-electron chi connectivity index (χ3n) is 2.53. The van der Waals surface area contributed by atoms with E-state index in [0.717, 1.165) is 18.8 Å². The molecule has 1 aromatic rings. The van der Waals surface area contributed by atoms with Gasteiger partial charge in [-0.15, -0.1) is 0 Å². The van der Waals surface area contributed by atoms with Crippen LogP contribution in [0.25, 0.3) is 0 Å². The van der Waals surface area contributed by atoms with Gasteiger partial charge in [-0.25, -0.2) is 0 Å². The smallest absolute Gasteiger partial charge is 0.123 e. The van der Waals surface area contributed by atoms with Crippen molar-refractivity contribution in [3.05, 3.63) is 29.8 Å². The van der Waals surface area contributed by atoms with E-state index in [1.165, 1.54) is 18.4 Å². The zero-order valence-electron chi connectivity index (χ0n) is 9.99. The first-order valence-electron chi connectivity index (χ1n) is 5.58. The Morgan fingerprint density at radius 3 is 2.67 bits per heavy atom. The number of unbranched alkanes of at least 4 members (excludes halogenated alkanes) is 1. The zero-order valence-corrected chi connectivity index (χ0v) is 9.99. The summed E-state index contributed by atoms with van der Waals surface area (Å²) in [7, 11) is 3.88. The van der Waals surface area contributed by atoms with Crippen LogP contribution in [0.3, 0.4) is 0 Å². The summed E-state index contributed by atoms with van der Waals surface area (Å²) >= 11 is 0. The Kier molecular flexibility index (Phi) is 5.19. The maximum Gasteiger partial charge on any atom is 0.123 e. The van der Waals surface area contributed by atoms with Crippen LogP contribution in [0, 0.1) is 0 Å². The molecule has 0 N–H and O–H groups in total. The van der Waals surface area contributed by atoms with Crippen LogP contribution in [0.5, 0.6) is 5.75 Å². The van der Waals surface area contributed by atoms with Crippen molar-refractivity contribution >= 4 is 0 Å². The summed E-state index contributed by atoms with van der Waals surface area (Å²) in [6.45, 7) is 4.33. The van der Waals surface area contributed by atoms with Crippen molar-refractivity contribution in [2.45, 2.75) is 26.3 Å². The first-order valence-corrected chi connectivity index (χ1v) is 5.58. The van der Waals surface area contributed by atoms with E-state index in [1.54, 1.807) is 7.11 Å². The molecule has 2 nitrogen and oxygen atoms in total. The molecule has 0 spiro atoms. The normalized spacial score (nSPS) is 10.7. The van der Waals surface area contributed by atoms with Gasteiger partial charge in [-0.05, 0) is 26.1 Å². The maximum atomic E-state index is 5.32. The van der Waals surface area contributed by atoms with Crippen molar-refractivity contribution in [1.82, 2.24) is 4.90 Å². The molecule has 0 aliphatic carbocycles. The van der Waals surface area contributed by atoms with Gasteiger partial charge in [0.15, 0.2) is 0 Å². The molecule has 0 bridgehead atoms. The number of nitrogens with zero attached hydrogens (tertiary/aromatic N) is 1. The molecule has 1 rings (SSSR count). The fourth-order valence-corrected chi connectivity index (χ4v) is 1.63. The average Bonchev–Trinajstić information content (AvgIpc) is 2.27. The van der Waals surface area contributed by atoms with E-state index >= 15 is 0 Å². The van der Waals surface area contributed by atoms with E-state index in [-0.39, 0.29) is 0 Å². The number of ether oxygens (including phenoxy) is 1. The lowest BCUT2D eigenvalue weighted by Gasteiger charge is -2.17. The Morgan fingerprint density at radius 1 is 1.27 bits per heavy atom. The minimum atomic E-state index is 0.962. The molecule has 0 fully saturated rings. The number of rotatable bonds is 6. The molecule has 0 unspecified atom stereocenters. The number of hydrogen-bond acceptors (Lipinski definition) is 2. The van der Waals surface area contributed by atoms with Gasteiger partial charge in [-0.3, -0.25) is 0 Å². The predicted molar refractivity (Wildman–Crippen MR) is 64.2 cm³/mol. The topological polar surface area (TPSA) is 12.5 Å². The molecular weight excluding hydrogens is 186 g/mol. The van der Waals surface area contributed by atoms with Crippen LogP contribution in [0.2, 0.25) is 0 Å². The summed E-state index contributed by atoms with van der Waals surface area (Å²) in [5.74, 6) is 0.987. The highest BCUT2D eigenvalue weighted by atomic mass is 16.5. The lowest BCUT2D eigenvalue weighted by atomic mass is 10.2. The highest BCUT2D eigenvalue weighted by Crippen LogP contribution is 2.18. The predicted octanol–water partition coefficient (Wildman–Crippen LogP) is 2.93. The van der Waals surface area contributed by atoms with Gasteiger partial charge in [0.1, 0.15) is 5.75 Å². The van der Waals surface area contributed by atoms with E-state index in [9.17, 15) is 0 Å². The van der Waals surface area contributed by atoms with E-state index < -0.39 is 0 Å². The Labute approximate surface area is 92.9 Å². The summed E-state index contributed by atoms with van der Waals surface area (Å²) < 4.78 is 5.32. The molecule has 0 amide bonds. The Bertz CT molecular complexity index is 286. The van der Waals surface area contributed by atoms with Gasteiger partial charge in [0.05, 0.1) is 7.11 Å². The van der Waals surface area contributed by atoms with Crippen LogP contribution >= 0.6 is 0 Å². The molecule has 0 heterocycles. The second kappa shape index (κ2) is 6.46. The molecule has 0 saturated carbocycles. The van der Waals surface area contributed by atoms with E-state index in [1.807, 2.05) is 12.1 Å². The molecule has 0 saturated heterocycles. The molecule has 1 aromatic carbocycles. The molecule has 0 atom stereocenters. The van der Waals surface area contributed by atoms with E-state index in [2.05, 4.69) is 31.0 Å². The minimum absolute atomic E-state index is 0.962. The maximum absolute atomic E-state index is 5.32. The van der Waals surface area contributed by atoms with Crippen molar-refractivity contribution in [1.29, 1.82) is 0 Å². The number of methoxy groups -OCH3 is 1. The molecule has 2 heteroatoms. The fraction of sp³-hybridized carbons (Fsp3) is 0.538. The summed E-state index contributed by atoms with van der Waals surface area (Å²) in [5.41, 5.74) is 1.26. The van der Waals surface area contributed by atoms with Gasteiger partial charge in [-0.2, -0.15) is 0 Å². The standard InChI is InChI=1S/C13H21NO/c1-4-5-10-14(2)11-12-8-6-7-9-13(12)15-3/h6-9H,4-5,10-11H2,1-3H3. The van der Waals surface area contributed by atoms with Crippen LogP contribution < -0.4 is 4.74 Å². The highest BCUT2D eigenvalue weighted by molar-refractivity contribution is 5.32. The van der Waals surface area contributed by atoms with Crippen molar-refractivity contribution < 1.29 is 4.74 Å². The second-order valence-electron chi connectivity index (χ2n) is 3.90. The van der Waals surface area contributed by atoms with Crippen molar-refractivity contribution in [2.75, 3.05) is 20.7 Å². The van der Waals surface area contributed by atoms with Gasteiger partial charge in [0, 0.05) is 12.1 Å². The van der Waals surface area contributed by atoms with Crippen LogP contribution in [0.4, 0.5) is 0 Å². The minimum Gasteiger partial charge on any atom is -0.496 e. The third kappa shape index (κ3) is 3.92. The summed E-state index contributed by atoms with van der Waals surface area (Å²) in [5, 5.41) is 0. The van der Waals surface area contributed by atoms with Gasteiger partial charge < -0.3 is 9.64 Å². The molecule has 0 aromatic heterocycles. The molecule has 84 valence electrons. The molecular formula is C13H21NO. The summed E-state index contributed by atoms with van der Waals surface area (Å²) in [4.78, 5) is 2.33.